The summed E-state index contributed by atoms with van der Waals surface area (Å²) in [5, 5.41) is 9.92. The first-order valence-electron chi connectivity index (χ1n) is 5.91. The first-order valence-corrected chi connectivity index (χ1v) is 6.29. The van der Waals surface area contributed by atoms with Gasteiger partial charge >= 0.3 is 0 Å². The maximum absolute atomic E-state index is 12.3. The second-order valence-electron chi connectivity index (χ2n) is 4.83. The summed E-state index contributed by atoms with van der Waals surface area (Å²) >= 11 is 5.68. The summed E-state index contributed by atoms with van der Waals surface area (Å²) in [7, 11) is 0. The normalized spacial score (nSPS) is 31.9. The molecule has 1 N–H and O–H groups in total. The third-order valence-corrected chi connectivity index (χ3v) is 3.93. The van der Waals surface area contributed by atoms with Crippen LogP contribution in [0, 0.1) is 0 Å². The Hall–Kier alpha value is -1.00. The van der Waals surface area contributed by atoms with Crippen LogP contribution in [-0.4, -0.2) is 34.1 Å². The molecule has 3 rings (SSSR count). The molecule has 0 aliphatic carbocycles. The molecule has 1 amide bonds. The molecule has 3 heterocycles. The molecule has 17 heavy (non-hydrogen) atoms. The number of carbonyl (C=O) groups is 1. The number of hydrogen-bond donors (Lipinski definition) is 1. The number of nitrogens with zero attached hydrogens (tertiary/aromatic N) is 1. The van der Waals surface area contributed by atoms with E-state index in [4.69, 9.17) is 16.0 Å². The van der Waals surface area contributed by atoms with Gasteiger partial charge in [0.25, 0.3) is 5.91 Å². The summed E-state index contributed by atoms with van der Waals surface area (Å²) < 4.78 is 5.16. The van der Waals surface area contributed by atoms with E-state index >= 15 is 0 Å². The molecule has 0 spiro atoms. The highest BCUT2D eigenvalue weighted by Gasteiger charge is 2.43. The number of amides is 1. The van der Waals surface area contributed by atoms with Gasteiger partial charge in [0.2, 0.25) is 0 Å². The van der Waals surface area contributed by atoms with Crippen LogP contribution in [-0.2, 0) is 0 Å². The van der Waals surface area contributed by atoms with E-state index in [9.17, 15) is 9.90 Å². The van der Waals surface area contributed by atoms with Gasteiger partial charge in [0.05, 0.1) is 6.10 Å². The van der Waals surface area contributed by atoms with Crippen LogP contribution in [0.2, 0.25) is 5.22 Å². The van der Waals surface area contributed by atoms with Crippen molar-refractivity contribution in [2.75, 3.05) is 0 Å². The number of rotatable bonds is 1. The smallest absolute Gasteiger partial charge is 0.290 e. The topological polar surface area (TPSA) is 53.7 Å². The number of aliphatic hydroxyl groups excluding tert-OH is 1. The molecule has 2 aliphatic heterocycles. The Morgan fingerprint density at radius 2 is 2.00 bits per heavy atom. The lowest BCUT2D eigenvalue weighted by Crippen LogP contribution is -2.47. The Morgan fingerprint density at radius 3 is 2.53 bits per heavy atom. The van der Waals surface area contributed by atoms with E-state index in [0.29, 0.717) is 18.6 Å². The van der Waals surface area contributed by atoms with E-state index in [-0.39, 0.29) is 29.3 Å². The van der Waals surface area contributed by atoms with Crippen LogP contribution in [0.15, 0.2) is 16.5 Å². The fourth-order valence-corrected chi connectivity index (χ4v) is 3.18. The number of carbonyl (C=O) groups excluding carboxylic acids is 1. The van der Waals surface area contributed by atoms with Crippen LogP contribution in [0.3, 0.4) is 0 Å². The highest BCUT2D eigenvalue weighted by atomic mass is 35.5. The van der Waals surface area contributed by atoms with Crippen LogP contribution >= 0.6 is 11.6 Å². The van der Waals surface area contributed by atoms with Crippen molar-refractivity contribution in [3.63, 3.8) is 0 Å². The monoisotopic (exact) mass is 255 g/mol. The lowest BCUT2D eigenvalue weighted by Gasteiger charge is -2.36. The van der Waals surface area contributed by atoms with Crippen molar-refractivity contribution in [2.24, 2.45) is 0 Å². The van der Waals surface area contributed by atoms with Crippen molar-refractivity contribution in [3.8, 4) is 0 Å². The van der Waals surface area contributed by atoms with Gasteiger partial charge in [-0.1, -0.05) is 0 Å². The van der Waals surface area contributed by atoms with Gasteiger partial charge in [-0.05, 0) is 49.4 Å². The van der Waals surface area contributed by atoms with Gasteiger partial charge in [-0.2, -0.15) is 0 Å². The SMILES string of the molecule is O=C(c1ccc(Cl)o1)N1C2CCC1CC(O)C2. The number of aliphatic hydroxyl groups is 1. The Bertz CT molecular complexity index is 431. The molecule has 2 atom stereocenters. The minimum absolute atomic E-state index is 0.101. The summed E-state index contributed by atoms with van der Waals surface area (Å²) in [6, 6.07) is 3.49. The van der Waals surface area contributed by atoms with Crippen molar-refractivity contribution in [2.45, 2.75) is 43.9 Å². The molecule has 2 unspecified atom stereocenters. The maximum Gasteiger partial charge on any atom is 0.290 e. The van der Waals surface area contributed by atoms with Crippen molar-refractivity contribution in [3.05, 3.63) is 23.1 Å². The van der Waals surface area contributed by atoms with Crippen LogP contribution in [0.25, 0.3) is 0 Å². The van der Waals surface area contributed by atoms with E-state index in [1.165, 1.54) is 0 Å². The molecule has 2 saturated heterocycles. The van der Waals surface area contributed by atoms with Gasteiger partial charge < -0.3 is 14.4 Å². The lowest BCUT2D eigenvalue weighted by molar-refractivity contribution is 0.0264. The average molecular weight is 256 g/mol. The van der Waals surface area contributed by atoms with E-state index in [2.05, 4.69) is 0 Å². The number of hydrogen-bond acceptors (Lipinski definition) is 3. The minimum Gasteiger partial charge on any atom is -0.440 e. The number of furan rings is 1. The Labute approximate surface area is 104 Å². The highest BCUT2D eigenvalue weighted by molar-refractivity contribution is 6.29. The second-order valence-corrected chi connectivity index (χ2v) is 5.20. The fourth-order valence-electron chi connectivity index (χ4n) is 3.04. The van der Waals surface area contributed by atoms with Crippen LogP contribution in [0.5, 0.6) is 0 Å². The standard InChI is InChI=1S/C12H14ClNO3/c13-11-4-3-10(17-11)12(16)14-7-1-2-8(14)6-9(15)5-7/h3-4,7-9,15H,1-2,5-6H2. The molecule has 2 aliphatic rings. The molecule has 1 aromatic rings. The molecule has 2 bridgehead atoms. The van der Waals surface area contributed by atoms with Crippen LogP contribution in [0.4, 0.5) is 0 Å². The highest BCUT2D eigenvalue weighted by Crippen LogP contribution is 2.37. The Morgan fingerprint density at radius 1 is 1.35 bits per heavy atom. The zero-order valence-corrected chi connectivity index (χ0v) is 10.1. The number of halogens is 1. The van der Waals surface area contributed by atoms with Gasteiger partial charge in [-0.15, -0.1) is 0 Å². The van der Waals surface area contributed by atoms with E-state index < -0.39 is 0 Å². The third kappa shape index (κ3) is 1.85. The predicted octanol–water partition coefficient (Wildman–Crippen LogP) is 2.06. The van der Waals surface area contributed by atoms with E-state index in [1.807, 2.05) is 4.90 Å². The zero-order valence-electron chi connectivity index (χ0n) is 9.30. The lowest BCUT2D eigenvalue weighted by atomic mass is 9.99. The van der Waals surface area contributed by atoms with Crippen LogP contribution in [0.1, 0.15) is 36.2 Å². The summed E-state index contributed by atoms with van der Waals surface area (Å²) in [5.41, 5.74) is 0. The molecular weight excluding hydrogens is 242 g/mol. The minimum atomic E-state index is -0.267. The van der Waals surface area contributed by atoms with Gasteiger partial charge in [-0.25, -0.2) is 0 Å². The average Bonchev–Trinajstić information content (AvgIpc) is 2.81. The maximum atomic E-state index is 12.3. The number of fused-ring (bicyclic) bond motifs is 2. The van der Waals surface area contributed by atoms with Gasteiger partial charge in [0, 0.05) is 12.1 Å². The molecule has 0 aromatic carbocycles. The summed E-state index contributed by atoms with van der Waals surface area (Å²) in [4.78, 5) is 14.1. The predicted molar refractivity (Wildman–Crippen MR) is 61.9 cm³/mol. The largest absolute Gasteiger partial charge is 0.440 e. The van der Waals surface area contributed by atoms with Gasteiger partial charge in [0.15, 0.2) is 11.0 Å². The van der Waals surface area contributed by atoms with Gasteiger partial charge in [0.1, 0.15) is 0 Å². The van der Waals surface area contributed by atoms with Gasteiger partial charge in [-0.3, -0.25) is 4.79 Å². The van der Waals surface area contributed by atoms with Crippen molar-refractivity contribution in [1.82, 2.24) is 4.90 Å². The van der Waals surface area contributed by atoms with Crippen molar-refractivity contribution >= 4 is 17.5 Å². The van der Waals surface area contributed by atoms with E-state index in [0.717, 1.165) is 12.8 Å². The molecule has 1 aromatic heterocycles. The molecular formula is C12H14ClNO3. The Balaban J connectivity index is 1.83. The first-order chi connectivity index (χ1) is 8.15. The zero-order chi connectivity index (χ0) is 12.0. The first kappa shape index (κ1) is 11.1. The van der Waals surface area contributed by atoms with Crippen LogP contribution < -0.4 is 0 Å². The number of piperidine rings is 1. The summed E-state index contributed by atoms with van der Waals surface area (Å²) in [5.74, 6) is 0.194. The molecule has 0 radical (unpaired) electrons. The molecule has 92 valence electrons. The summed E-state index contributed by atoms with van der Waals surface area (Å²) in [6.07, 6.45) is 3.04. The van der Waals surface area contributed by atoms with E-state index in [1.54, 1.807) is 12.1 Å². The molecule has 5 heteroatoms. The van der Waals surface area contributed by atoms with Crippen molar-refractivity contribution < 1.29 is 14.3 Å². The summed E-state index contributed by atoms with van der Waals surface area (Å²) in [6.45, 7) is 0. The molecule has 2 fully saturated rings. The quantitative estimate of drug-likeness (QED) is 0.836. The second kappa shape index (κ2) is 4.03. The van der Waals surface area contributed by atoms with Crippen molar-refractivity contribution in [1.29, 1.82) is 0 Å². The Kier molecular flexibility index (Phi) is 2.64. The third-order valence-electron chi connectivity index (χ3n) is 3.73. The molecule has 0 saturated carbocycles. The molecule has 4 nitrogen and oxygen atoms in total. The fraction of sp³-hybridized carbons (Fsp3) is 0.583.